The summed E-state index contributed by atoms with van der Waals surface area (Å²) in [4.78, 5) is 13.6. The molecule has 1 aliphatic heterocycles. The number of anilines is 1. The lowest BCUT2D eigenvalue weighted by Gasteiger charge is -2.17. The molecule has 0 spiro atoms. The number of benzene rings is 1. The Kier molecular flexibility index (Phi) is 3.45. The molecule has 1 aromatic carbocycles. The van der Waals surface area contributed by atoms with E-state index in [2.05, 4.69) is 10.6 Å². The van der Waals surface area contributed by atoms with Crippen LogP contribution in [0.5, 0.6) is 0 Å². The fourth-order valence-electron chi connectivity index (χ4n) is 1.78. The Morgan fingerprint density at radius 2 is 2.28 bits per heavy atom. The predicted octanol–water partition coefficient (Wildman–Crippen LogP) is 2.84. The average molecular weight is 284 g/mol. The monoisotopic (exact) mass is 283 g/mol. The van der Waals surface area contributed by atoms with E-state index in [4.69, 9.17) is 23.8 Å². The fraction of sp³-hybridized carbons (Fsp3) is 0.333. The second-order valence-electron chi connectivity index (χ2n) is 4.84. The Bertz CT molecular complexity index is 504. The minimum atomic E-state index is -0.250. The van der Waals surface area contributed by atoms with Crippen molar-refractivity contribution in [2.75, 3.05) is 11.9 Å². The molecule has 0 bridgehead atoms. The summed E-state index contributed by atoms with van der Waals surface area (Å²) in [5.41, 5.74) is 0.461. The number of hydrogen-bond acceptors (Lipinski definition) is 2. The molecule has 1 aromatic rings. The number of thiocarbonyl (C=S) groups is 1. The van der Waals surface area contributed by atoms with Crippen molar-refractivity contribution in [2.24, 2.45) is 0 Å². The number of amides is 2. The Labute approximate surface area is 116 Å². The summed E-state index contributed by atoms with van der Waals surface area (Å²) in [7, 11) is 0. The number of carbonyl (C=O) groups is 1. The SMILES string of the molecule is CC1(C)CN(C(=O)Nc2cccc(Cl)c2)C(=S)N1. The van der Waals surface area contributed by atoms with E-state index >= 15 is 0 Å². The van der Waals surface area contributed by atoms with Crippen LogP contribution in [0, 0.1) is 0 Å². The van der Waals surface area contributed by atoms with E-state index in [0.29, 0.717) is 22.4 Å². The first kappa shape index (κ1) is 13.1. The van der Waals surface area contributed by atoms with Crippen molar-refractivity contribution < 1.29 is 4.79 Å². The van der Waals surface area contributed by atoms with Gasteiger partial charge in [-0.25, -0.2) is 4.79 Å². The third-order valence-corrected chi connectivity index (χ3v) is 3.12. The van der Waals surface area contributed by atoms with Crippen molar-refractivity contribution >= 4 is 40.6 Å². The van der Waals surface area contributed by atoms with Crippen LogP contribution in [0.1, 0.15) is 13.8 Å². The molecule has 2 N–H and O–H groups in total. The van der Waals surface area contributed by atoms with Crippen LogP contribution in [-0.2, 0) is 0 Å². The van der Waals surface area contributed by atoms with Gasteiger partial charge >= 0.3 is 6.03 Å². The fourth-order valence-corrected chi connectivity index (χ4v) is 2.40. The first-order valence-electron chi connectivity index (χ1n) is 5.54. The van der Waals surface area contributed by atoms with Crippen LogP contribution in [0.15, 0.2) is 24.3 Å². The molecular weight excluding hydrogens is 270 g/mol. The van der Waals surface area contributed by atoms with E-state index in [1.54, 1.807) is 24.3 Å². The molecule has 1 fully saturated rings. The van der Waals surface area contributed by atoms with Crippen LogP contribution in [0.2, 0.25) is 5.02 Å². The lowest BCUT2D eigenvalue weighted by atomic mass is 10.1. The molecule has 0 radical (unpaired) electrons. The second-order valence-corrected chi connectivity index (χ2v) is 5.66. The lowest BCUT2D eigenvalue weighted by molar-refractivity contribution is 0.233. The zero-order valence-corrected chi connectivity index (χ0v) is 11.7. The van der Waals surface area contributed by atoms with Crippen LogP contribution in [-0.4, -0.2) is 28.1 Å². The van der Waals surface area contributed by atoms with E-state index in [-0.39, 0.29) is 11.6 Å². The maximum Gasteiger partial charge on any atom is 0.328 e. The molecule has 96 valence electrons. The molecule has 0 aliphatic carbocycles. The van der Waals surface area contributed by atoms with E-state index in [1.165, 1.54) is 4.90 Å². The van der Waals surface area contributed by atoms with Gasteiger partial charge in [0.25, 0.3) is 0 Å². The summed E-state index contributed by atoms with van der Waals surface area (Å²) in [5.74, 6) is 0. The maximum atomic E-state index is 12.1. The van der Waals surface area contributed by atoms with E-state index in [1.807, 2.05) is 13.8 Å². The summed E-state index contributed by atoms with van der Waals surface area (Å²) in [6.45, 7) is 4.52. The predicted molar refractivity (Wildman–Crippen MR) is 77.0 cm³/mol. The van der Waals surface area contributed by atoms with Crippen LogP contribution in [0.3, 0.4) is 0 Å². The van der Waals surface area contributed by atoms with Crippen LogP contribution < -0.4 is 10.6 Å². The number of urea groups is 1. The Hall–Kier alpha value is -1.33. The Morgan fingerprint density at radius 1 is 1.56 bits per heavy atom. The highest BCUT2D eigenvalue weighted by Crippen LogP contribution is 2.18. The van der Waals surface area contributed by atoms with Gasteiger partial charge in [-0.15, -0.1) is 0 Å². The van der Waals surface area contributed by atoms with Crippen molar-refractivity contribution in [3.05, 3.63) is 29.3 Å². The standard InChI is InChI=1S/C12H14ClN3OS/c1-12(2)7-16(11(18)15-12)10(17)14-9-5-3-4-8(13)6-9/h3-6H,7H2,1-2H3,(H,14,17)(H,15,18). The third-order valence-electron chi connectivity index (χ3n) is 2.56. The molecule has 2 amide bonds. The van der Waals surface area contributed by atoms with Gasteiger partial charge in [-0.2, -0.15) is 0 Å². The minimum Gasteiger partial charge on any atom is -0.355 e. The maximum absolute atomic E-state index is 12.1. The van der Waals surface area contributed by atoms with Gasteiger partial charge in [0.05, 0.1) is 12.1 Å². The molecule has 1 saturated heterocycles. The average Bonchev–Trinajstić information content (AvgIpc) is 2.52. The van der Waals surface area contributed by atoms with Gasteiger partial charge in [0.2, 0.25) is 0 Å². The summed E-state index contributed by atoms with van der Waals surface area (Å²) in [6.07, 6.45) is 0. The topological polar surface area (TPSA) is 44.4 Å². The van der Waals surface area contributed by atoms with Gasteiger partial charge in [-0.1, -0.05) is 17.7 Å². The van der Waals surface area contributed by atoms with E-state index < -0.39 is 0 Å². The molecular formula is C12H14ClN3OS. The minimum absolute atomic E-state index is 0.192. The Balaban J connectivity index is 2.07. The molecule has 0 atom stereocenters. The largest absolute Gasteiger partial charge is 0.355 e. The lowest BCUT2D eigenvalue weighted by Crippen LogP contribution is -2.37. The second kappa shape index (κ2) is 4.74. The van der Waals surface area contributed by atoms with E-state index in [9.17, 15) is 4.79 Å². The van der Waals surface area contributed by atoms with Gasteiger partial charge < -0.3 is 10.6 Å². The van der Waals surface area contributed by atoms with E-state index in [0.717, 1.165) is 0 Å². The number of halogens is 1. The number of hydrogen-bond donors (Lipinski definition) is 2. The Morgan fingerprint density at radius 3 is 2.83 bits per heavy atom. The summed E-state index contributed by atoms with van der Waals surface area (Å²) < 4.78 is 0. The molecule has 2 rings (SSSR count). The molecule has 18 heavy (non-hydrogen) atoms. The van der Waals surface area contributed by atoms with Gasteiger partial charge in [-0.3, -0.25) is 4.90 Å². The molecule has 4 nitrogen and oxygen atoms in total. The number of rotatable bonds is 1. The summed E-state index contributed by atoms with van der Waals surface area (Å²) >= 11 is 11.0. The highest BCUT2D eigenvalue weighted by Gasteiger charge is 2.35. The molecule has 0 saturated carbocycles. The molecule has 1 aliphatic rings. The van der Waals surface area contributed by atoms with Gasteiger partial charge in [0, 0.05) is 10.7 Å². The number of carbonyl (C=O) groups excluding carboxylic acids is 1. The smallest absolute Gasteiger partial charge is 0.328 e. The van der Waals surface area contributed by atoms with Gasteiger partial charge in [0.1, 0.15) is 0 Å². The zero-order chi connectivity index (χ0) is 13.3. The van der Waals surface area contributed by atoms with Crippen LogP contribution in [0.25, 0.3) is 0 Å². The van der Waals surface area contributed by atoms with Crippen molar-refractivity contribution in [3.63, 3.8) is 0 Å². The molecule has 6 heteroatoms. The van der Waals surface area contributed by atoms with Crippen LogP contribution >= 0.6 is 23.8 Å². The van der Waals surface area contributed by atoms with Gasteiger partial charge in [0.15, 0.2) is 5.11 Å². The normalized spacial score (nSPS) is 17.5. The first-order valence-corrected chi connectivity index (χ1v) is 6.32. The highest BCUT2D eigenvalue weighted by atomic mass is 35.5. The zero-order valence-electron chi connectivity index (χ0n) is 10.2. The first-order chi connectivity index (χ1) is 8.37. The number of nitrogens with one attached hydrogen (secondary N) is 2. The van der Waals surface area contributed by atoms with Crippen molar-refractivity contribution in [1.29, 1.82) is 0 Å². The van der Waals surface area contributed by atoms with Crippen molar-refractivity contribution in [1.82, 2.24) is 10.2 Å². The van der Waals surface area contributed by atoms with Crippen LogP contribution in [0.4, 0.5) is 10.5 Å². The van der Waals surface area contributed by atoms with Gasteiger partial charge in [-0.05, 0) is 44.3 Å². The highest BCUT2D eigenvalue weighted by molar-refractivity contribution is 7.80. The summed E-state index contributed by atoms with van der Waals surface area (Å²) in [5, 5.41) is 6.88. The van der Waals surface area contributed by atoms with Crippen molar-refractivity contribution in [3.8, 4) is 0 Å². The van der Waals surface area contributed by atoms with Crippen molar-refractivity contribution in [2.45, 2.75) is 19.4 Å². The molecule has 0 unspecified atom stereocenters. The summed E-state index contributed by atoms with van der Waals surface area (Å²) in [6, 6.07) is 6.75. The molecule has 0 aromatic heterocycles. The quantitative estimate of drug-likeness (QED) is 0.779. The number of nitrogens with zero attached hydrogens (tertiary/aromatic N) is 1. The molecule has 1 heterocycles. The third kappa shape index (κ3) is 2.91.